The maximum absolute atomic E-state index is 11.8. The average Bonchev–Trinajstić information content (AvgIpc) is 2.70. The molecule has 0 atom stereocenters. The van der Waals surface area contributed by atoms with E-state index in [1.54, 1.807) is 18.2 Å². The van der Waals surface area contributed by atoms with Gasteiger partial charge in [-0.1, -0.05) is 71.7 Å². The largest absolute Gasteiger partial charge is 0.484 e. The van der Waals surface area contributed by atoms with E-state index in [2.05, 4.69) is 10.5 Å². The Morgan fingerprint density at radius 3 is 2.33 bits per heavy atom. The highest BCUT2D eigenvalue weighted by Gasteiger charge is 2.03. The van der Waals surface area contributed by atoms with Crippen molar-refractivity contribution >= 4 is 35.3 Å². The second-order valence-electron chi connectivity index (χ2n) is 5.65. The molecule has 0 heterocycles. The van der Waals surface area contributed by atoms with E-state index < -0.39 is 0 Å². The Labute approximate surface area is 167 Å². The van der Waals surface area contributed by atoms with Crippen LogP contribution in [0.25, 0.3) is 11.1 Å². The standard InChI is InChI=1S/C21H16Cl2N2O2/c22-19-11-6-15(12-20(19)23)13-24-25-21(26)14-27-18-9-7-17(8-10-18)16-4-2-1-3-5-16/h1-13H,14H2,(H,25,26)/b24-13+. The van der Waals surface area contributed by atoms with Crippen LogP contribution in [0.15, 0.2) is 77.9 Å². The molecule has 0 spiro atoms. The second kappa shape index (κ2) is 9.21. The molecule has 0 bridgehead atoms. The Bertz CT molecular complexity index is 942. The van der Waals surface area contributed by atoms with Gasteiger partial charge >= 0.3 is 0 Å². The van der Waals surface area contributed by atoms with Crippen LogP contribution < -0.4 is 10.2 Å². The summed E-state index contributed by atoms with van der Waals surface area (Å²) in [4.78, 5) is 11.8. The zero-order valence-electron chi connectivity index (χ0n) is 14.2. The van der Waals surface area contributed by atoms with Crippen molar-refractivity contribution in [3.05, 3.63) is 88.4 Å². The molecule has 0 radical (unpaired) electrons. The normalized spacial score (nSPS) is 10.7. The van der Waals surface area contributed by atoms with Gasteiger partial charge < -0.3 is 4.74 Å². The Hall–Kier alpha value is -2.82. The number of nitrogens with zero attached hydrogens (tertiary/aromatic N) is 1. The molecule has 1 N–H and O–H groups in total. The maximum atomic E-state index is 11.8. The first-order valence-electron chi connectivity index (χ1n) is 8.17. The molecule has 0 saturated heterocycles. The summed E-state index contributed by atoms with van der Waals surface area (Å²) in [5, 5.41) is 4.76. The van der Waals surface area contributed by atoms with Crippen molar-refractivity contribution in [1.29, 1.82) is 0 Å². The van der Waals surface area contributed by atoms with Crippen LogP contribution in [0.5, 0.6) is 5.75 Å². The number of hydrazone groups is 1. The van der Waals surface area contributed by atoms with E-state index >= 15 is 0 Å². The molecule has 0 aliphatic heterocycles. The monoisotopic (exact) mass is 398 g/mol. The van der Waals surface area contributed by atoms with Crippen LogP contribution in [-0.4, -0.2) is 18.7 Å². The van der Waals surface area contributed by atoms with Gasteiger partial charge in [0.1, 0.15) is 5.75 Å². The molecule has 6 heteroatoms. The van der Waals surface area contributed by atoms with Gasteiger partial charge in [0, 0.05) is 0 Å². The fourth-order valence-corrected chi connectivity index (χ4v) is 2.63. The summed E-state index contributed by atoms with van der Waals surface area (Å²) in [6.45, 7) is -0.136. The van der Waals surface area contributed by atoms with Gasteiger partial charge in [-0.05, 0) is 41.0 Å². The minimum absolute atomic E-state index is 0.136. The molecule has 0 fully saturated rings. The molecule has 3 rings (SSSR count). The molecule has 136 valence electrons. The van der Waals surface area contributed by atoms with Gasteiger partial charge in [-0.3, -0.25) is 4.79 Å². The van der Waals surface area contributed by atoms with Gasteiger partial charge in [0.2, 0.25) is 0 Å². The number of carbonyl (C=O) groups is 1. The lowest BCUT2D eigenvalue weighted by atomic mass is 10.1. The van der Waals surface area contributed by atoms with Crippen LogP contribution in [0.4, 0.5) is 0 Å². The first kappa shape index (κ1) is 19.0. The van der Waals surface area contributed by atoms with Crippen molar-refractivity contribution in [2.75, 3.05) is 6.61 Å². The number of benzene rings is 3. The van der Waals surface area contributed by atoms with Gasteiger partial charge in [-0.25, -0.2) is 5.43 Å². The number of carbonyl (C=O) groups excluding carboxylic acids is 1. The number of amides is 1. The van der Waals surface area contributed by atoms with Crippen molar-refractivity contribution in [3.8, 4) is 16.9 Å². The van der Waals surface area contributed by atoms with Crippen LogP contribution in [0.1, 0.15) is 5.56 Å². The molecule has 0 aliphatic carbocycles. The third kappa shape index (κ3) is 5.58. The molecule has 27 heavy (non-hydrogen) atoms. The Kier molecular flexibility index (Phi) is 6.47. The number of nitrogens with one attached hydrogen (secondary N) is 1. The van der Waals surface area contributed by atoms with E-state index in [4.69, 9.17) is 27.9 Å². The molecule has 3 aromatic rings. The van der Waals surface area contributed by atoms with Gasteiger partial charge in [-0.2, -0.15) is 5.10 Å². The number of rotatable bonds is 6. The summed E-state index contributed by atoms with van der Waals surface area (Å²) < 4.78 is 5.47. The summed E-state index contributed by atoms with van der Waals surface area (Å²) in [5.74, 6) is 0.247. The SMILES string of the molecule is O=C(COc1ccc(-c2ccccc2)cc1)N/N=C/c1ccc(Cl)c(Cl)c1. The lowest BCUT2D eigenvalue weighted by Gasteiger charge is -2.06. The van der Waals surface area contributed by atoms with E-state index in [9.17, 15) is 4.79 Å². The van der Waals surface area contributed by atoms with Gasteiger partial charge in [-0.15, -0.1) is 0 Å². The van der Waals surface area contributed by atoms with E-state index in [0.717, 1.165) is 16.7 Å². The highest BCUT2D eigenvalue weighted by molar-refractivity contribution is 6.42. The summed E-state index contributed by atoms with van der Waals surface area (Å²) >= 11 is 11.8. The Balaban J connectivity index is 1.49. The first-order valence-corrected chi connectivity index (χ1v) is 8.92. The van der Waals surface area contributed by atoms with Crippen molar-refractivity contribution in [3.63, 3.8) is 0 Å². The van der Waals surface area contributed by atoms with Crippen molar-refractivity contribution in [2.45, 2.75) is 0 Å². The predicted octanol–water partition coefficient (Wildman–Crippen LogP) is 5.19. The fourth-order valence-electron chi connectivity index (χ4n) is 2.33. The minimum atomic E-state index is -0.363. The molecule has 0 aromatic heterocycles. The average molecular weight is 399 g/mol. The third-order valence-electron chi connectivity index (χ3n) is 3.68. The lowest BCUT2D eigenvalue weighted by molar-refractivity contribution is -0.123. The van der Waals surface area contributed by atoms with Crippen LogP contribution in [0, 0.1) is 0 Å². The first-order chi connectivity index (χ1) is 13.1. The zero-order chi connectivity index (χ0) is 19.1. The number of halogens is 2. The Morgan fingerprint density at radius 1 is 0.926 bits per heavy atom. The van der Waals surface area contributed by atoms with Crippen LogP contribution in [-0.2, 0) is 4.79 Å². The predicted molar refractivity (Wildman–Crippen MR) is 110 cm³/mol. The van der Waals surface area contributed by atoms with Crippen molar-refractivity contribution in [2.24, 2.45) is 5.10 Å². The summed E-state index contributed by atoms with van der Waals surface area (Å²) in [7, 11) is 0. The van der Waals surface area contributed by atoms with E-state index in [0.29, 0.717) is 15.8 Å². The van der Waals surface area contributed by atoms with Crippen molar-refractivity contribution < 1.29 is 9.53 Å². The Morgan fingerprint density at radius 2 is 1.63 bits per heavy atom. The van der Waals surface area contributed by atoms with Crippen molar-refractivity contribution in [1.82, 2.24) is 5.43 Å². The topological polar surface area (TPSA) is 50.7 Å². The summed E-state index contributed by atoms with van der Waals surface area (Å²) in [5.41, 5.74) is 5.33. The number of ether oxygens (including phenoxy) is 1. The quantitative estimate of drug-likeness (QED) is 0.458. The zero-order valence-corrected chi connectivity index (χ0v) is 15.7. The smallest absolute Gasteiger partial charge is 0.277 e. The molecule has 0 saturated carbocycles. The number of hydrogen-bond acceptors (Lipinski definition) is 3. The third-order valence-corrected chi connectivity index (χ3v) is 4.42. The maximum Gasteiger partial charge on any atom is 0.277 e. The minimum Gasteiger partial charge on any atom is -0.484 e. The van der Waals surface area contributed by atoms with Crippen LogP contribution >= 0.6 is 23.2 Å². The van der Waals surface area contributed by atoms with Crippen LogP contribution in [0.3, 0.4) is 0 Å². The fraction of sp³-hybridized carbons (Fsp3) is 0.0476. The van der Waals surface area contributed by atoms with E-state index in [-0.39, 0.29) is 12.5 Å². The molecule has 3 aromatic carbocycles. The molecular weight excluding hydrogens is 383 g/mol. The van der Waals surface area contributed by atoms with Gasteiger partial charge in [0.05, 0.1) is 16.3 Å². The van der Waals surface area contributed by atoms with Crippen LogP contribution in [0.2, 0.25) is 10.0 Å². The van der Waals surface area contributed by atoms with E-state index in [1.165, 1.54) is 6.21 Å². The van der Waals surface area contributed by atoms with E-state index in [1.807, 2.05) is 54.6 Å². The molecule has 0 unspecified atom stereocenters. The highest BCUT2D eigenvalue weighted by atomic mass is 35.5. The van der Waals surface area contributed by atoms with Gasteiger partial charge in [0.15, 0.2) is 6.61 Å². The molecule has 4 nitrogen and oxygen atoms in total. The van der Waals surface area contributed by atoms with Gasteiger partial charge in [0.25, 0.3) is 5.91 Å². The second-order valence-corrected chi connectivity index (χ2v) is 6.46. The molecule has 1 amide bonds. The summed E-state index contributed by atoms with van der Waals surface area (Å²) in [6.07, 6.45) is 1.48. The summed E-state index contributed by atoms with van der Waals surface area (Å²) in [6, 6.07) is 22.6. The lowest BCUT2D eigenvalue weighted by Crippen LogP contribution is -2.24. The molecular formula is C21H16Cl2N2O2. The highest BCUT2D eigenvalue weighted by Crippen LogP contribution is 2.22. The number of hydrogen-bond donors (Lipinski definition) is 1. The molecule has 0 aliphatic rings.